The standard InChI is InChI=1S/C15H32N2O2/c1-11(2)8-9-13(15(4,5)6)16-14(19)17(7)12(3)10-18/h11-13,18H,8-10H2,1-7H3,(H,16,19). The zero-order valence-electron chi connectivity index (χ0n) is 13.7. The van der Waals surface area contributed by atoms with Crippen LogP contribution in [0.5, 0.6) is 0 Å². The number of amides is 2. The van der Waals surface area contributed by atoms with E-state index in [1.54, 1.807) is 11.9 Å². The lowest BCUT2D eigenvalue weighted by atomic mass is 9.83. The summed E-state index contributed by atoms with van der Waals surface area (Å²) in [6.07, 6.45) is 2.08. The molecule has 0 aromatic heterocycles. The van der Waals surface area contributed by atoms with Gasteiger partial charge < -0.3 is 15.3 Å². The summed E-state index contributed by atoms with van der Waals surface area (Å²) >= 11 is 0. The van der Waals surface area contributed by atoms with E-state index in [9.17, 15) is 4.79 Å². The summed E-state index contributed by atoms with van der Waals surface area (Å²) in [7, 11) is 1.72. The largest absolute Gasteiger partial charge is 0.394 e. The maximum Gasteiger partial charge on any atom is 0.317 e. The first-order valence-corrected chi connectivity index (χ1v) is 7.23. The number of aliphatic hydroxyl groups excluding tert-OH is 1. The van der Waals surface area contributed by atoms with E-state index in [1.165, 1.54) is 0 Å². The smallest absolute Gasteiger partial charge is 0.317 e. The highest BCUT2D eigenvalue weighted by Crippen LogP contribution is 2.24. The van der Waals surface area contributed by atoms with E-state index in [-0.39, 0.29) is 30.1 Å². The summed E-state index contributed by atoms with van der Waals surface area (Å²) in [6.45, 7) is 12.6. The molecule has 4 nitrogen and oxygen atoms in total. The van der Waals surface area contributed by atoms with Gasteiger partial charge in [0.25, 0.3) is 0 Å². The van der Waals surface area contributed by atoms with Gasteiger partial charge in [0.05, 0.1) is 12.6 Å². The summed E-state index contributed by atoms with van der Waals surface area (Å²) in [5.74, 6) is 0.635. The molecule has 0 aliphatic carbocycles. The van der Waals surface area contributed by atoms with Crippen LogP contribution in [-0.4, -0.2) is 41.8 Å². The first-order valence-electron chi connectivity index (χ1n) is 7.23. The van der Waals surface area contributed by atoms with Gasteiger partial charge in [-0.1, -0.05) is 34.6 Å². The molecule has 0 aliphatic heterocycles. The average molecular weight is 272 g/mol. The molecule has 2 atom stereocenters. The Morgan fingerprint density at radius 1 is 1.21 bits per heavy atom. The Hall–Kier alpha value is -0.770. The van der Waals surface area contributed by atoms with Crippen LogP contribution in [0.15, 0.2) is 0 Å². The number of rotatable bonds is 6. The Kier molecular flexibility index (Phi) is 7.42. The Bertz CT molecular complexity index is 272. The molecule has 2 N–H and O–H groups in total. The van der Waals surface area contributed by atoms with Crippen molar-refractivity contribution < 1.29 is 9.90 Å². The minimum atomic E-state index is -0.161. The summed E-state index contributed by atoms with van der Waals surface area (Å²) in [6, 6.07) is -0.119. The van der Waals surface area contributed by atoms with Crippen molar-refractivity contribution in [1.82, 2.24) is 10.2 Å². The van der Waals surface area contributed by atoms with Gasteiger partial charge in [0.2, 0.25) is 0 Å². The van der Waals surface area contributed by atoms with Crippen molar-refractivity contribution in [1.29, 1.82) is 0 Å². The first-order chi connectivity index (χ1) is 8.59. The molecule has 2 amide bonds. The highest BCUT2D eigenvalue weighted by Gasteiger charge is 2.27. The number of hydrogen-bond donors (Lipinski definition) is 2. The fourth-order valence-corrected chi connectivity index (χ4v) is 1.80. The van der Waals surface area contributed by atoms with E-state index in [0.717, 1.165) is 12.8 Å². The van der Waals surface area contributed by atoms with Crippen LogP contribution in [0, 0.1) is 11.3 Å². The third-order valence-corrected chi connectivity index (χ3v) is 3.62. The van der Waals surface area contributed by atoms with Gasteiger partial charge in [-0.15, -0.1) is 0 Å². The van der Waals surface area contributed by atoms with Crippen molar-refractivity contribution in [2.24, 2.45) is 11.3 Å². The zero-order valence-corrected chi connectivity index (χ0v) is 13.7. The lowest BCUT2D eigenvalue weighted by Crippen LogP contribution is -2.51. The average Bonchev–Trinajstić information content (AvgIpc) is 2.30. The van der Waals surface area contributed by atoms with Crippen LogP contribution in [0.1, 0.15) is 54.4 Å². The number of hydrogen-bond acceptors (Lipinski definition) is 2. The van der Waals surface area contributed by atoms with Crippen LogP contribution in [-0.2, 0) is 0 Å². The predicted molar refractivity (Wildman–Crippen MR) is 80.2 cm³/mol. The van der Waals surface area contributed by atoms with E-state index in [4.69, 9.17) is 5.11 Å². The number of urea groups is 1. The highest BCUT2D eigenvalue weighted by atomic mass is 16.3. The third kappa shape index (κ3) is 6.81. The lowest BCUT2D eigenvalue weighted by molar-refractivity contribution is 0.145. The number of nitrogens with zero attached hydrogens (tertiary/aromatic N) is 1. The molecule has 0 radical (unpaired) electrons. The zero-order chi connectivity index (χ0) is 15.2. The molecule has 0 aliphatic rings. The maximum atomic E-state index is 12.1. The van der Waals surface area contributed by atoms with E-state index in [1.807, 2.05) is 6.92 Å². The molecule has 0 fully saturated rings. The number of aliphatic hydroxyl groups is 1. The Morgan fingerprint density at radius 3 is 2.11 bits per heavy atom. The van der Waals surface area contributed by atoms with Gasteiger partial charge in [-0.2, -0.15) is 0 Å². The van der Waals surface area contributed by atoms with Crippen LogP contribution in [0.25, 0.3) is 0 Å². The second-order valence-electron chi connectivity index (χ2n) is 6.98. The van der Waals surface area contributed by atoms with E-state index in [2.05, 4.69) is 39.9 Å². The fourth-order valence-electron chi connectivity index (χ4n) is 1.80. The third-order valence-electron chi connectivity index (χ3n) is 3.62. The molecule has 0 saturated heterocycles. The van der Waals surface area contributed by atoms with Crippen molar-refractivity contribution >= 4 is 6.03 Å². The fraction of sp³-hybridized carbons (Fsp3) is 0.933. The molecule has 4 heteroatoms. The predicted octanol–water partition coefficient (Wildman–Crippen LogP) is 2.86. The second kappa shape index (κ2) is 7.73. The Morgan fingerprint density at radius 2 is 1.74 bits per heavy atom. The molecule has 0 aromatic rings. The SMILES string of the molecule is CC(C)CCC(NC(=O)N(C)C(C)CO)C(C)(C)C. The molecule has 0 saturated carbocycles. The first kappa shape index (κ1) is 18.2. The summed E-state index contributed by atoms with van der Waals surface area (Å²) in [5, 5.41) is 12.2. The van der Waals surface area contributed by atoms with Crippen LogP contribution < -0.4 is 5.32 Å². The Labute approximate surface area is 118 Å². The summed E-state index contributed by atoms with van der Waals surface area (Å²) in [5.41, 5.74) is 0.0356. The Balaban J connectivity index is 4.60. The second-order valence-corrected chi connectivity index (χ2v) is 6.98. The van der Waals surface area contributed by atoms with Crippen molar-refractivity contribution in [2.75, 3.05) is 13.7 Å². The normalized spacial score (nSPS) is 15.2. The van der Waals surface area contributed by atoms with Crippen LogP contribution in [0.2, 0.25) is 0 Å². The topological polar surface area (TPSA) is 52.6 Å². The molecule has 0 bridgehead atoms. The van der Waals surface area contributed by atoms with Crippen molar-refractivity contribution in [3.63, 3.8) is 0 Å². The van der Waals surface area contributed by atoms with Crippen molar-refractivity contribution in [3.8, 4) is 0 Å². The molecule has 19 heavy (non-hydrogen) atoms. The van der Waals surface area contributed by atoms with Gasteiger partial charge in [-0.05, 0) is 31.1 Å². The minimum Gasteiger partial charge on any atom is -0.394 e. The van der Waals surface area contributed by atoms with E-state index in [0.29, 0.717) is 5.92 Å². The number of carbonyl (C=O) groups excluding carboxylic acids is 1. The number of nitrogens with one attached hydrogen (secondary N) is 1. The lowest BCUT2D eigenvalue weighted by Gasteiger charge is -2.34. The minimum absolute atomic E-state index is 0.0178. The van der Waals surface area contributed by atoms with Gasteiger partial charge in [0, 0.05) is 13.1 Å². The van der Waals surface area contributed by atoms with Crippen molar-refractivity contribution in [2.45, 2.75) is 66.5 Å². The summed E-state index contributed by atoms with van der Waals surface area (Å²) in [4.78, 5) is 13.7. The molecule has 0 aromatic carbocycles. The molecule has 0 rings (SSSR count). The van der Waals surface area contributed by atoms with Gasteiger partial charge in [0.15, 0.2) is 0 Å². The monoisotopic (exact) mass is 272 g/mol. The number of carbonyl (C=O) groups is 1. The highest BCUT2D eigenvalue weighted by molar-refractivity contribution is 5.74. The number of likely N-dealkylation sites (N-methyl/N-ethyl adjacent to an activating group) is 1. The van der Waals surface area contributed by atoms with Crippen LogP contribution in [0.3, 0.4) is 0 Å². The van der Waals surface area contributed by atoms with Crippen LogP contribution in [0.4, 0.5) is 4.79 Å². The molecule has 0 heterocycles. The maximum absolute atomic E-state index is 12.1. The molecular weight excluding hydrogens is 240 g/mol. The van der Waals surface area contributed by atoms with Gasteiger partial charge in [-0.3, -0.25) is 0 Å². The molecule has 114 valence electrons. The van der Waals surface area contributed by atoms with Gasteiger partial charge in [-0.25, -0.2) is 4.79 Å². The molecule has 2 unspecified atom stereocenters. The quantitative estimate of drug-likeness (QED) is 0.781. The van der Waals surface area contributed by atoms with Gasteiger partial charge >= 0.3 is 6.03 Å². The van der Waals surface area contributed by atoms with Crippen LogP contribution >= 0.6 is 0 Å². The summed E-state index contributed by atoms with van der Waals surface area (Å²) < 4.78 is 0. The molecule has 0 spiro atoms. The van der Waals surface area contributed by atoms with Crippen molar-refractivity contribution in [3.05, 3.63) is 0 Å². The van der Waals surface area contributed by atoms with E-state index < -0.39 is 0 Å². The van der Waals surface area contributed by atoms with Gasteiger partial charge in [0.1, 0.15) is 0 Å². The van der Waals surface area contributed by atoms with E-state index >= 15 is 0 Å². The molecular formula is C15H32N2O2.